The molecule has 3 rings (SSSR count). The van der Waals surface area contributed by atoms with Crippen LogP contribution >= 0.6 is 11.8 Å². The molecule has 1 N–H and O–H groups in total. The zero-order valence-electron chi connectivity index (χ0n) is 14.2. The van der Waals surface area contributed by atoms with E-state index in [2.05, 4.69) is 5.32 Å². The molecule has 1 aromatic rings. The molecular formula is C18H24N2O3S. The molecule has 2 aliphatic heterocycles. The van der Waals surface area contributed by atoms with Gasteiger partial charge in [0, 0.05) is 18.7 Å². The largest absolute Gasteiger partial charge is 0.493 e. The molecule has 2 amide bonds. The van der Waals surface area contributed by atoms with Crippen molar-refractivity contribution in [3.63, 3.8) is 0 Å². The van der Waals surface area contributed by atoms with Gasteiger partial charge in [0.25, 0.3) is 0 Å². The Kier molecular flexibility index (Phi) is 5.33. The van der Waals surface area contributed by atoms with Crippen molar-refractivity contribution in [3.8, 4) is 5.75 Å². The smallest absolute Gasteiger partial charge is 0.247 e. The first-order chi connectivity index (χ1) is 11.6. The molecule has 0 radical (unpaired) electrons. The summed E-state index contributed by atoms with van der Waals surface area (Å²) >= 11 is 1.52. The zero-order chi connectivity index (χ0) is 17.1. The van der Waals surface area contributed by atoms with Crippen LogP contribution in [0.4, 0.5) is 5.69 Å². The number of ether oxygens (including phenoxy) is 1. The lowest BCUT2D eigenvalue weighted by molar-refractivity contribution is -0.139. The lowest BCUT2D eigenvalue weighted by atomic mass is 10.0. The standard InChI is InChI=1S/C18H24N2O3S/c1-12(24-2)18(22)20-9-4-3-5-15(20)17(21)19-14-6-7-16-13(11-14)8-10-23-16/h6-7,11-12,15H,3-5,8-10H2,1-2H3,(H,19,21)/t12-,15+/m0/s1. The number of hydrogen-bond donors (Lipinski definition) is 1. The van der Waals surface area contributed by atoms with E-state index in [9.17, 15) is 9.59 Å². The number of nitrogens with zero attached hydrogens (tertiary/aromatic N) is 1. The van der Waals surface area contributed by atoms with Gasteiger partial charge in [-0.3, -0.25) is 9.59 Å². The monoisotopic (exact) mass is 348 g/mol. The van der Waals surface area contributed by atoms with Gasteiger partial charge in [0.05, 0.1) is 11.9 Å². The van der Waals surface area contributed by atoms with Crippen molar-refractivity contribution < 1.29 is 14.3 Å². The van der Waals surface area contributed by atoms with E-state index in [0.717, 1.165) is 42.7 Å². The Labute approximate surface area is 147 Å². The molecule has 6 heteroatoms. The number of anilines is 1. The lowest BCUT2D eigenvalue weighted by Gasteiger charge is -2.36. The van der Waals surface area contributed by atoms with E-state index in [1.54, 1.807) is 4.90 Å². The van der Waals surface area contributed by atoms with Crippen molar-refractivity contribution in [2.24, 2.45) is 0 Å². The molecule has 1 fully saturated rings. The number of benzene rings is 1. The van der Waals surface area contributed by atoms with Crippen LogP contribution in [0.25, 0.3) is 0 Å². The fourth-order valence-electron chi connectivity index (χ4n) is 3.29. The normalized spacial score (nSPS) is 20.9. The van der Waals surface area contributed by atoms with Crippen molar-refractivity contribution in [1.82, 2.24) is 4.90 Å². The average molecular weight is 348 g/mol. The van der Waals surface area contributed by atoms with Crippen LogP contribution in [0.1, 0.15) is 31.7 Å². The van der Waals surface area contributed by atoms with Crippen LogP contribution in [0, 0.1) is 0 Å². The van der Waals surface area contributed by atoms with Crippen molar-refractivity contribution in [2.45, 2.75) is 43.9 Å². The fraction of sp³-hybridized carbons (Fsp3) is 0.556. The summed E-state index contributed by atoms with van der Waals surface area (Å²) in [7, 11) is 0. The summed E-state index contributed by atoms with van der Waals surface area (Å²) in [5, 5.41) is 2.87. The van der Waals surface area contributed by atoms with Gasteiger partial charge in [0.1, 0.15) is 11.8 Å². The van der Waals surface area contributed by atoms with Gasteiger partial charge in [-0.05, 0) is 56.2 Å². The molecule has 1 saturated heterocycles. The third kappa shape index (κ3) is 3.53. The predicted molar refractivity (Wildman–Crippen MR) is 96.6 cm³/mol. The molecule has 0 bridgehead atoms. The summed E-state index contributed by atoms with van der Waals surface area (Å²) < 4.78 is 5.49. The topological polar surface area (TPSA) is 58.6 Å². The van der Waals surface area contributed by atoms with Crippen molar-refractivity contribution >= 4 is 29.3 Å². The first-order valence-electron chi connectivity index (χ1n) is 8.50. The van der Waals surface area contributed by atoms with E-state index < -0.39 is 0 Å². The Morgan fingerprint density at radius 1 is 1.38 bits per heavy atom. The van der Waals surface area contributed by atoms with Crippen molar-refractivity contribution in [1.29, 1.82) is 0 Å². The first kappa shape index (κ1) is 17.1. The highest BCUT2D eigenvalue weighted by molar-refractivity contribution is 7.99. The second-order valence-corrected chi connectivity index (χ2v) is 7.51. The molecule has 2 atom stereocenters. The van der Waals surface area contributed by atoms with Gasteiger partial charge in [-0.15, -0.1) is 0 Å². The van der Waals surface area contributed by atoms with Gasteiger partial charge in [-0.2, -0.15) is 11.8 Å². The zero-order valence-corrected chi connectivity index (χ0v) is 15.0. The summed E-state index contributed by atoms with van der Waals surface area (Å²) in [6.07, 6.45) is 5.47. The molecular weight excluding hydrogens is 324 g/mol. The SMILES string of the molecule is CS[C@@H](C)C(=O)N1CCCC[C@@H]1C(=O)Nc1ccc2c(c1)CCO2. The number of likely N-dealkylation sites (tertiary alicyclic amines) is 1. The third-order valence-corrected chi connectivity index (χ3v) is 5.66. The highest BCUT2D eigenvalue weighted by Gasteiger charge is 2.34. The minimum Gasteiger partial charge on any atom is -0.493 e. The maximum absolute atomic E-state index is 12.8. The van der Waals surface area contributed by atoms with Gasteiger partial charge < -0.3 is 15.0 Å². The minimum atomic E-state index is -0.370. The lowest BCUT2D eigenvalue weighted by Crippen LogP contribution is -2.52. The maximum Gasteiger partial charge on any atom is 0.247 e. The molecule has 0 aromatic heterocycles. The van der Waals surface area contributed by atoms with Crippen LogP contribution in [-0.2, 0) is 16.0 Å². The van der Waals surface area contributed by atoms with Gasteiger partial charge in [0.2, 0.25) is 11.8 Å². The number of fused-ring (bicyclic) bond motifs is 1. The fourth-order valence-corrected chi connectivity index (χ4v) is 3.63. The molecule has 0 spiro atoms. The third-order valence-electron chi connectivity index (χ3n) is 4.75. The molecule has 2 aliphatic rings. The van der Waals surface area contributed by atoms with Gasteiger partial charge >= 0.3 is 0 Å². The van der Waals surface area contributed by atoms with E-state index in [-0.39, 0.29) is 23.1 Å². The van der Waals surface area contributed by atoms with E-state index in [1.807, 2.05) is 31.4 Å². The van der Waals surface area contributed by atoms with E-state index in [4.69, 9.17) is 4.74 Å². The van der Waals surface area contributed by atoms with Crippen LogP contribution in [0.3, 0.4) is 0 Å². The number of hydrogen-bond acceptors (Lipinski definition) is 4. The molecule has 130 valence electrons. The van der Waals surface area contributed by atoms with Crippen molar-refractivity contribution in [2.75, 3.05) is 24.7 Å². The summed E-state index contributed by atoms with van der Waals surface area (Å²) in [5.74, 6) is 0.871. The average Bonchev–Trinajstić information content (AvgIpc) is 3.08. The number of nitrogens with one attached hydrogen (secondary N) is 1. The Morgan fingerprint density at radius 3 is 3.00 bits per heavy atom. The molecule has 2 heterocycles. The number of carbonyl (C=O) groups excluding carboxylic acids is 2. The predicted octanol–water partition coefficient (Wildman–Crippen LogP) is 2.69. The summed E-state index contributed by atoms with van der Waals surface area (Å²) in [5.41, 5.74) is 1.90. The number of thioether (sulfide) groups is 1. The number of amides is 2. The molecule has 0 saturated carbocycles. The second-order valence-electron chi connectivity index (χ2n) is 6.33. The maximum atomic E-state index is 12.8. The van der Waals surface area contributed by atoms with Gasteiger partial charge in [0.15, 0.2) is 0 Å². The van der Waals surface area contributed by atoms with Crippen LogP contribution in [0.2, 0.25) is 0 Å². The molecule has 1 aromatic carbocycles. The van der Waals surface area contributed by atoms with Crippen molar-refractivity contribution in [3.05, 3.63) is 23.8 Å². The Balaban J connectivity index is 1.71. The Bertz CT molecular complexity index is 635. The van der Waals surface area contributed by atoms with Crippen LogP contribution in [-0.4, -0.2) is 47.4 Å². The Morgan fingerprint density at radius 2 is 2.21 bits per heavy atom. The molecule has 0 aliphatic carbocycles. The molecule has 24 heavy (non-hydrogen) atoms. The molecule has 5 nitrogen and oxygen atoms in total. The number of carbonyl (C=O) groups is 2. The highest BCUT2D eigenvalue weighted by Crippen LogP contribution is 2.28. The van der Waals surface area contributed by atoms with Crippen LogP contribution < -0.4 is 10.1 Å². The van der Waals surface area contributed by atoms with E-state index >= 15 is 0 Å². The first-order valence-corrected chi connectivity index (χ1v) is 9.79. The minimum absolute atomic E-state index is 0.0599. The summed E-state index contributed by atoms with van der Waals surface area (Å²) in [6.45, 7) is 3.27. The Hall–Kier alpha value is -1.69. The van der Waals surface area contributed by atoms with Crippen LogP contribution in [0.15, 0.2) is 18.2 Å². The number of piperidine rings is 1. The summed E-state index contributed by atoms with van der Waals surface area (Å²) in [4.78, 5) is 27.1. The number of rotatable bonds is 4. The van der Waals surface area contributed by atoms with Crippen LogP contribution in [0.5, 0.6) is 5.75 Å². The van der Waals surface area contributed by atoms with E-state index in [0.29, 0.717) is 13.2 Å². The highest BCUT2D eigenvalue weighted by atomic mass is 32.2. The van der Waals surface area contributed by atoms with Gasteiger partial charge in [-0.1, -0.05) is 0 Å². The summed E-state index contributed by atoms with van der Waals surface area (Å²) in [6, 6.07) is 5.36. The second kappa shape index (κ2) is 7.47. The van der Waals surface area contributed by atoms with E-state index in [1.165, 1.54) is 11.8 Å². The van der Waals surface area contributed by atoms with Gasteiger partial charge in [-0.25, -0.2) is 0 Å². The quantitative estimate of drug-likeness (QED) is 0.909. The molecule has 0 unspecified atom stereocenters.